The number of benzene rings is 2. The molecule has 28 heavy (non-hydrogen) atoms. The summed E-state index contributed by atoms with van der Waals surface area (Å²) in [4.78, 5) is 0. The van der Waals surface area contributed by atoms with Gasteiger partial charge in [0.25, 0.3) is 5.82 Å². The molecule has 1 aromatic heterocycles. The molecular weight excluding hydrogens is 426 g/mol. The van der Waals surface area contributed by atoms with Crippen LogP contribution in [0.25, 0.3) is 16.9 Å². The smallest absolute Gasteiger partial charge is 0.387 e. The zero-order valence-corrected chi connectivity index (χ0v) is 17.3. The van der Waals surface area contributed by atoms with Crippen molar-refractivity contribution in [3.63, 3.8) is 0 Å². The Hall–Kier alpha value is -2.21. The lowest BCUT2D eigenvalue weighted by molar-refractivity contribution is -0.692. The maximum Gasteiger partial charge on any atom is 0.387 e. The summed E-state index contributed by atoms with van der Waals surface area (Å²) < 4.78 is 33.9. The summed E-state index contributed by atoms with van der Waals surface area (Å²) in [5.41, 5.74) is 4.50. The van der Waals surface area contributed by atoms with Crippen LogP contribution >= 0.6 is 0 Å². The summed E-state index contributed by atoms with van der Waals surface area (Å²) in [5.74, 6) is 1.47. The number of aromatic nitrogens is 2. The van der Waals surface area contributed by atoms with Gasteiger partial charge in [-0.2, -0.15) is 13.3 Å². The molecule has 0 unspecified atom stereocenters. The molecule has 4 rings (SSSR count). The number of ether oxygens (including phenoxy) is 1. The van der Waals surface area contributed by atoms with E-state index in [-0.39, 0.29) is 22.7 Å². The number of hydrogen-bond acceptors (Lipinski definition) is 1. The van der Waals surface area contributed by atoms with Crippen molar-refractivity contribution in [3.05, 3.63) is 66.1 Å². The van der Waals surface area contributed by atoms with Gasteiger partial charge in [0.05, 0.1) is 6.54 Å². The van der Waals surface area contributed by atoms with Crippen molar-refractivity contribution in [1.29, 1.82) is 0 Å². The second-order valence-electron chi connectivity index (χ2n) is 7.00. The fourth-order valence-electron chi connectivity index (χ4n) is 3.74. The van der Waals surface area contributed by atoms with Crippen molar-refractivity contribution < 1.29 is 35.1 Å². The minimum absolute atomic E-state index is 0. The third-order valence-electron chi connectivity index (χ3n) is 5.10. The number of fused-ring (bicyclic) bond motifs is 1. The number of rotatable bonds is 4. The Kier molecular flexibility index (Phi) is 6.50. The quantitative estimate of drug-likeness (QED) is 0.558. The number of alkyl halides is 2. The predicted molar refractivity (Wildman–Crippen MR) is 100 cm³/mol. The second kappa shape index (κ2) is 8.86. The van der Waals surface area contributed by atoms with Crippen molar-refractivity contribution in [2.45, 2.75) is 45.8 Å². The van der Waals surface area contributed by atoms with Crippen LogP contribution in [0, 0.1) is 6.92 Å². The Morgan fingerprint density at radius 3 is 2.36 bits per heavy atom. The average Bonchev–Trinajstić information content (AvgIpc) is 2.84. The van der Waals surface area contributed by atoms with Crippen LogP contribution in [-0.4, -0.2) is 11.2 Å². The van der Waals surface area contributed by atoms with E-state index in [0.717, 1.165) is 36.3 Å². The number of imidazole rings is 1. The molecule has 0 saturated heterocycles. The van der Waals surface area contributed by atoms with E-state index in [1.807, 2.05) is 12.1 Å². The maximum atomic E-state index is 12.4. The minimum Gasteiger partial charge on any atom is -1.00 e. The van der Waals surface area contributed by atoms with Gasteiger partial charge in [0.1, 0.15) is 17.6 Å². The highest BCUT2D eigenvalue weighted by Gasteiger charge is 2.26. The van der Waals surface area contributed by atoms with Crippen molar-refractivity contribution in [1.82, 2.24) is 4.57 Å². The van der Waals surface area contributed by atoms with Crippen molar-refractivity contribution >= 4 is 0 Å². The van der Waals surface area contributed by atoms with Gasteiger partial charge in [-0.15, -0.1) is 0 Å². The minimum atomic E-state index is -2.80. The predicted octanol–water partition coefficient (Wildman–Crippen LogP) is 2.07. The van der Waals surface area contributed by atoms with Gasteiger partial charge in [0, 0.05) is 12.0 Å². The molecule has 0 bridgehead atoms. The van der Waals surface area contributed by atoms with Crippen LogP contribution in [0.2, 0.25) is 0 Å². The molecule has 1 aliphatic rings. The van der Waals surface area contributed by atoms with Crippen LogP contribution in [0.4, 0.5) is 8.78 Å². The van der Waals surface area contributed by atoms with Crippen molar-refractivity contribution in [2.75, 3.05) is 0 Å². The molecule has 6 heteroatoms. The van der Waals surface area contributed by atoms with Gasteiger partial charge >= 0.3 is 6.61 Å². The van der Waals surface area contributed by atoms with Gasteiger partial charge in [-0.1, -0.05) is 17.7 Å². The molecule has 2 aromatic carbocycles. The first kappa shape index (κ1) is 20.5. The highest BCUT2D eigenvalue weighted by atomic mass is 79.9. The van der Waals surface area contributed by atoms with Crippen molar-refractivity contribution in [2.24, 2.45) is 0 Å². The zero-order chi connectivity index (χ0) is 18.8. The van der Waals surface area contributed by atoms with Gasteiger partial charge < -0.3 is 21.7 Å². The number of halogens is 3. The van der Waals surface area contributed by atoms with E-state index in [1.165, 1.54) is 24.2 Å². The first-order chi connectivity index (χ1) is 13.1. The largest absolute Gasteiger partial charge is 1.00 e. The van der Waals surface area contributed by atoms with Crippen LogP contribution in [0.15, 0.2) is 54.7 Å². The normalized spacial score (nSPS) is 13.6. The van der Waals surface area contributed by atoms with Crippen LogP contribution in [-0.2, 0) is 13.0 Å². The third kappa shape index (κ3) is 4.27. The summed E-state index contributed by atoms with van der Waals surface area (Å²) >= 11 is 0. The molecule has 3 nitrogen and oxygen atoms in total. The van der Waals surface area contributed by atoms with E-state index < -0.39 is 6.61 Å². The lowest BCUT2D eigenvalue weighted by Gasteiger charge is -2.05. The molecule has 2 heterocycles. The van der Waals surface area contributed by atoms with Crippen molar-refractivity contribution in [3.8, 4) is 22.7 Å². The van der Waals surface area contributed by atoms with Crippen LogP contribution in [0.1, 0.15) is 30.7 Å². The molecule has 3 aromatic rings. The Balaban J connectivity index is 0.00000225. The fraction of sp³-hybridized carbons (Fsp3) is 0.318. The summed E-state index contributed by atoms with van der Waals surface area (Å²) in [7, 11) is 0. The molecule has 0 saturated carbocycles. The molecular formula is C22H23BrF2N2O. The number of hydrogen-bond donors (Lipinski definition) is 0. The standard InChI is InChI=1S/C22H23F2N2O.BrH/c1-16-6-10-18(11-7-16)26-15-20(25-14-4-2-3-5-21(25)26)17-8-12-19(13-9-17)27-22(23)24;/h6-13,15,22H,2-5,14H2,1H3;1H/q+1;/p-1. The molecule has 0 amide bonds. The van der Waals surface area contributed by atoms with E-state index in [9.17, 15) is 8.78 Å². The molecule has 0 radical (unpaired) electrons. The van der Waals surface area contributed by atoms with E-state index in [0.29, 0.717) is 0 Å². The highest BCUT2D eigenvalue weighted by molar-refractivity contribution is 5.58. The van der Waals surface area contributed by atoms with Gasteiger partial charge in [0.15, 0.2) is 5.69 Å². The van der Waals surface area contributed by atoms with E-state index in [2.05, 4.69) is 51.3 Å². The molecule has 148 valence electrons. The summed E-state index contributed by atoms with van der Waals surface area (Å²) in [6.07, 6.45) is 6.73. The topological polar surface area (TPSA) is 18.0 Å². The van der Waals surface area contributed by atoms with Gasteiger partial charge in [-0.05, 0) is 62.6 Å². The molecule has 0 aliphatic carbocycles. The number of aryl methyl sites for hydroxylation is 1. The summed E-state index contributed by atoms with van der Waals surface area (Å²) in [6, 6.07) is 15.4. The van der Waals surface area contributed by atoms with E-state index in [1.54, 1.807) is 12.1 Å². The average molecular weight is 449 g/mol. The zero-order valence-electron chi connectivity index (χ0n) is 15.7. The lowest BCUT2D eigenvalue weighted by Crippen LogP contribution is -3.00. The Morgan fingerprint density at radius 2 is 1.68 bits per heavy atom. The van der Waals surface area contributed by atoms with Crippen LogP contribution in [0.5, 0.6) is 5.75 Å². The van der Waals surface area contributed by atoms with Gasteiger partial charge in [-0.25, -0.2) is 4.57 Å². The van der Waals surface area contributed by atoms with Crippen LogP contribution < -0.4 is 26.3 Å². The van der Waals surface area contributed by atoms with E-state index in [4.69, 9.17) is 0 Å². The van der Waals surface area contributed by atoms with Gasteiger partial charge in [-0.3, -0.25) is 0 Å². The summed E-state index contributed by atoms with van der Waals surface area (Å²) in [5, 5.41) is 0. The lowest BCUT2D eigenvalue weighted by atomic mass is 10.1. The molecule has 0 spiro atoms. The third-order valence-corrected chi connectivity index (χ3v) is 5.10. The SMILES string of the molecule is Cc1ccc(-n2cc(-c3ccc(OC(F)F)cc3)[n+]3c2CCCCC3)cc1.[Br-]. The molecule has 1 aliphatic heterocycles. The maximum absolute atomic E-state index is 12.4. The Morgan fingerprint density at radius 1 is 0.964 bits per heavy atom. The van der Waals surface area contributed by atoms with Gasteiger partial charge in [0.2, 0.25) is 0 Å². The Labute approximate surface area is 174 Å². The number of nitrogens with zero attached hydrogens (tertiary/aromatic N) is 2. The molecule has 0 fully saturated rings. The monoisotopic (exact) mass is 448 g/mol. The highest BCUT2D eigenvalue weighted by Crippen LogP contribution is 2.26. The van der Waals surface area contributed by atoms with E-state index >= 15 is 0 Å². The first-order valence-corrected chi connectivity index (χ1v) is 9.38. The Bertz CT molecular complexity index is 921. The summed E-state index contributed by atoms with van der Waals surface area (Å²) in [6.45, 7) is 0.256. The fourth-order valence-corrected chi connectivity index (χ4v) is 3.74. The second-order valence-corrected chi connectivity index (χ2v) is 7.00. The first-order valence-electron chi connectivity index (χ1n) is 9.38. The van der Waals surface area contributed by atoms with Crippen LogP contribution in [0.3, 0.4) is 0 Å². The molecule has 0 atom stereocenters. The molecule has 0 N–H and O–H groups in total.